The lowest BCUT2D eigenvalue weighted by Crippen LogP contribution is -1.92. The summed E-state index contributed by atoms with van der Waals surface area (Å²) in [6, 6.07) is 32.9. The average Bonchev–Trinajstić information content (AvgIpc) is 2.85. The van der Waals surface area contributed by atoms with Crippen molar-refractivity contribution in [1.29, 1.82) is 0 Å². The van der Waals surface area contributed by atoms with E-state index in [0.29, 0.717) is 0 Å². The van der Waals surface area contributed by atoms with Gasteiger partial charge in [0, 0.05) is 12.8 Å². The van der Waals surface area contributed by atoms with Gasteiger partial charge in [-0.05, 0) is 80.6 Å². The van der Waals surface area contributed by atoms with E-state index in [1.165, 1.54) is 43.5 Å². The molecule has 0 unspecified atom stereocenters. The molecule has 1 aliphatic carbocycles. The van der Waals surface area contributed by atoms with Crippen molar-refractivity contribution in [3.63, 3.8) is 0 Å². The number of benzene rings is 5. The van der Waals surface area contributed by atoms with Gasteiger partial charge in [-0.2, -0.15) is 0 Å². The summed E-state index contributed by atoms with van der Waals surface area (Å²) in [5.41, 5.74) is 4.81. The van der Waals surface area contributed by atoms with Gasteiger partial charge in [-0.15, -0.1) is 0 Å². The normalized spacial score (nSPS) is 13.6. The Bertz CT molecular complexity index is 1460. The third-order valence-electron chi connectivity index (χ3n) is 6.25. The van der Waals surface area contributed by atoms with Crippen molar-refractivity contribution in [2.75, 3.05) is 5.32 Å². The summed E-state index contributed by atoms with van der Waals surface area (Å²) in [6.07, 6.45) is 9.08. The second-order valence-corrected chi connectivity index (χ2v) is 8.19. The minimum absolute atomic E-state index is 0. The molecule has 0 saturated carbocycles. The third-order valence-corrected chi connectivity index (χ3v) is 6.25. The highest BCUT2D eigenvalue weighted by Crippen LogP contribution is 2.36. The van der Waals surface area contributed by atoms with Gasteiger partial charge in [0.25, 0.3) is 0 Å². The maximum Gasteiger partial charge on any atom is 0.0390 e. The molecule has 0 radical (unpaired) electrons. The Morgan fingerprint density at radius 1 is 0.548 bits per heavy atom. The van der Waals surface area contributed by atoms with E-state index in [-0.39, 0.29) is 1.43 Å². The monoisotopic (exact) mass is 399 g/mol. The first kappa shape index (κ1) is 18.0. The molecule has 0 amide bonds. The lowest BCUT2D eigenvalue weighted by Gasteiger charge is -2.13. The van der Waals surface area contributed by atoms with E-state index in [4.69, 9.17) is 0 Å². The Labute approximate surface area is 183 Å². The van der Waals surface area contributed by atoms with Crippen LogP contribution in [0.4, 0.5) is 11.4 Å². The molecule has 150 valence electrons. The average molecular weight is 400 g/mol. The van der Waals surface area contributed by atoms with E-state index in [1.807, 2.05) is 0 Å². The van der Waals surface area contributed by atoms with Gasteiger partial charge in [-0.25, -0.2) is 0 Å². The van der Waals surface area contributed by atoms with Crippen molar-refractivity contribution >= 4 is 49.3 Å². The van der Waals surface area contributed by atoms with Crippen LogP contribution in [-0.4, -0.2) is 0 Å². The van der Waals surface area contributed by atoms with E-state index >= 15 is 0 Å². The highest BCUT2D eigenvalue weighted by atomic mass is 14.9. The van der Waals surface area contributed by atoms with Gasteiger partial charge in [0.2, 0.25) is 0 Å². The molecule has 1 nitrogen and oxygen atoms in total. The molecule has 31 heavy (non-hydrogen) atoms. The molecular formula is C30H25N. The van der Waals surface area contributed by atoms with Crippen LogP contribution >= 0.6 is 0 Å². The number of fused-ring (bicyclic) bond motifs is 6. The maximum absolute atomic E-state index is 3.60. The minimum Gasteiger partial charge on any atom is -0.356 e. The topological polar surface area (TPSA) is 12.0 Å². The zero-order valence-electron chi connectivity index (χ0n) is 17.3. The first-order valence-electron chi connectivity index (χ1n) is 10.9. The van der Waals surface area contributed by atoms with E-state index in [0.717, 1.165) is 24.2 Å². The van der Waals surface area contributed by atoms with Crippen LogP contribution in [0.1, 0.15) is 19.8 Å². The number of allylic oxidation sites excluding steroid dienone is 4. The Morgan fingerprint density at radius 2 is 1.13 bits per heavy atom. The molecule has 0 saturated heterocycles. The lowest BCUT2D eigenvalue weighted by atomic mass is 9.94. The largest absolute Gasteiger partial charge is 0.356 e. The number of hydrogen-bond donors (Lipinski definition) is 1. The van der Waals surface area contributed by atoms with Gasteiger partial charge in [0.15, 0.2) is 0 Å². The van der Waals surface area contributed by atoms with Gasteiger partial charge in [0.05, 0.1) is 0 Å². The van der Waals surface area contributed by atoms with E-state index in [1.54, 1.807) is 0 Å². The summed E-state index contributed by atoms with van der Waals surface area (Å²) in [4.78, 5) is 0. The first-order chi connectivity index (χ1) is 15.4. The molecule has 0 spiro atoms. The number of rotatable bonds is 3. The smallest absolute Gasteiger partial charge is 0.0390 e. The van der Waals surface area contributed by atoms with Crippen molar-refractivity contribution in [2.24, 2.45) is 0 Å². The predicted octanol–water partition coefficient (Wildman–Crippen LogP) is 8.87. The summed E-state index contributed by atoms with van der Waals surface area (Å²) < 4.78 is 0. The fourth-order valence-electron chi connectivity index (χ4n) is 4.73. The molecule has 0 bridgehead atoms. The Hall–Kier alpha value is -3.84. The van der Waals surface area contributed by atoms with E-state index < -0.39 is 0 Å². The Morgan fingerprint density at radius 3 is 1.74 bits per heavy atom. The van der Waals surface area contributed by atoms with Crippen molar-refractivity contribution < 1.29 is 1.43 Å². The van der Waals surface area contributed by atoms with Crippen molar-refractivity contribution in [3.8, 4) is 0 Å². The van der Waals surface area contributed by atoms with Gasteiger partial charge in [-0.1, -0.05) is 85.0 Å². The predicted molar refractivity (Wildman–Crippen MR) is 137 cm³/mol. The summed E-state index contributed by atoms with van der Waals surface area (Å²) in [5, 5.41) is 11.4. The molecule has 5 aromatic rings. The third kappa shape index (κ3) is 3.19. The second-order valence-electron chi connectivity index (χ2n) is 8.19. The fourth-order valence-corrected chi connectivity index (χ4v) is 4.73. The van der Waals surface area contributed by atoms with Crippen LogP contribution in [0, 0.1) is 0 Å². The molecule has 1 heteroatoms. The minimum atomic E-state index is 0. The molecule has 0 aliphatic heterocycles. The molecule has 5 aromatic carbocycles. The molecule has 6 rings (SSSR count). The molecule has 0 atom stereocenters. The SMILES string of the molecule is C1=CC(c2ccc(Nc3ccc4c5ccccc5c5ccccc5c4c3)cc2)=CCC1.[HH]. The summed E-state index contributed by atoms with van der Waals surface area (Å²) in [6.45, 7) is 0. The van der Waals surface area contributed by atoms with Crippen LogP contribution in [0.2, 0.25) is 0 Å². The van der Waals surface area contributed by atoms with Gasteiger partial charge >= 0.3 is 0 Å². The van der Waals surface area contributed by atoms with Gasteiger partial charge < -0.3 is 5.32 Å². The van der Waals surface area contributed by atoms with Gasteiger partial charge in [0.1, 0.15) is 0 Å². The zero-order valence-corrected chi connectivity index (χ0v) is 17.3. The highest BCUT2D eigenvalue weighted by Gasteiger charge is 2.09. The molecule has 1 aliphatic rings. The molecule has 0 fully saturated rings. The molecule has 0 aromatic heterocycles. The first-order valence-corrected chi connectivity index (χ1v) is 10.9. The quantitative estimate of drug-likeness (QED) is 0.299. The molecule has 0 heterocycles. The second kappa shape index (κ2) is 7.45. The van der Waals surface area contributed by atoms with Crippen molar-refractivity contribution in [1.82, 2.24) is 0 Å². The number of hydrogen-bond acceptors (Lipinski definition) is 1. The Kier molecular flexibility index (Phi) is 4.32. The fraction of sp³-hybridized carbons (Fsp3) is 0.0667. The summed E-state index contributed by atoms with van der Waals surface area (Å²) in [5.74, 6) is 0. The number of anilines is 2. The van der Waals surface area contributed by atoms with Crippen LogP contribution in [0.25, 0.3) is 37.9 Å². The van der Waals surface area contributed by atoms with Crippen LogP contribution in [-0.2, 0) is 0 Å². The highest BCUT2D eigenvalue weighted by molar-refractivity contribution is 6.25. The van der Waals surface area contributed by atoms with Crippen molar-refractivity contribution in [2.45, 2.75) is 12.8 Å². The van der Waals surface area contributed by atoms with Crippen LogP contribution in [0.15, 0.2) is 109 Å². The molecule has 1 N–H and O–H groups in total. The summed E-state index contributed by atoms with van der Waals surface area (Å²) in [7, 11) is 0. The van der Waals surface area contributed by atoms with Crippen molar-refractivity contribution in [3.05, 3.63) is 115 Å². The van der Waals surface area contributed by atoms with Gasteiger partial charge in [-0.3, -0.25) is 0 Å². The lowest BCUT2D eigenvalue weighted by molar-refractivity contribution is 1.04. The standard InChI is InChI=1S/C30H23N.H2/c1-2-8-21(9-3-1)22-14-16-23(17-15-22)31-24-18-19-29-27-12-5-4-10-25(27)26-11-6-7-13-28(26)30(29)20-24;/h2,4-20,31H,1,3H2;1H. The Balaban J connectivity index is 0.00000216. The van der Waals surface area contributed by atoms with Crippen LogP contribution < -0.4 is 5.32 Å². The van der Waals surface area contributed by atoms with E-state index in [9.17, 15) is 0 Å². The number of nitrogens with one attached hydrogen (secondary N) is 1. The van der Waals surface area contributed by atoms with Crippen LogP contribution in [0.3, 0.4) is 0 Å². The maximum atomic E-state index is 3.60. The zero-order chi connectivity index (χ0) is 20.6. The van der Waals surface area contributed by atoms with Crippen LogP contribution in [0.5, 0.6) is 0 Å². The molecular weight excluding hydrogens is 374 g/mol. The summed E-state index contributed by atoms with van der Waals surface area (Å²) >= 11 is 0. The van der Waals surface area contributed by atoms with E-state index in [2.05, 4.69) is 115 Å².